The van der Waals surface area contributed by atoms with Crippen molar-refractivity contribution in [2.45, 2.75) is 13.3 Å². The summed E-state index contributed by atoms with van der Waals surface area (Å²) >= 11 is 0. The van der Waals surface area contributed by atoms with Crippen LogP contribution in [0.3, 0.4) is 0 Å². The Hall–Kier alpha value is -3.34. The van der Waals surface area contributed by atoms with Crippen LogP contribution in [-0.4, -0.2) is 11.8 Å². The Kier molecular flexibility index (Phi) is 4.66. The Labute approximate surface area is 145 Å². The molecular weight excluding hydrogens is 316 g/mol. The van der Waals surface area contributed by atoms with E-state index in [1.54, 1.807) is 30.3 Å². The second-order valence-corrected chi connectivity index (χ2v) is 5.55. The molecule has 3 aromatic rings. The molecule has 0 radical (unpaired) electrons. The fourth-order valence-corrected chi connectivity index (χ4v) is 2.62. The average molecular weight is 334 g/mol. The second-order valence-electron chi connectivity index (χ2n) is 5.55. The molecule has 1 heterocycles. The van der Waals surface area contributed by atoms with Gasteiger partial charge in [0.1, 0.15) is 11.3 Å². The summed E-state index contributed by atoms with van der Waals surface area (Å²) in [7, 11) is 0. The Balaban J connectivity index is 1.77. The molecule has 25 heavy (non-hydrogen) atoms. The molecule has 0 spiro atoms. The van der Waals surface area contributed by atoms with E-state index in [1.807, 2.05) is 31.2 Å². The molecule has 2 aromatic carbocycles. The van der Waals surface area contributed by atoms with Gasteiger partial charge in [-0.25, -0.2) is 0 Å². The summed E-state index contributed by atoms with van der Waals surface area (Å²) < 4.78 is 5.81. The van der Waals surface area contributed by atoms with E-state index in [4.69, 9.17) is 10.2 Å². The second kappa shape index (κ2) is 7.05. The largest absolute Gasteiger partial charge is 0.460 e. The third-order valence-corrected chi connectivity index (χ3v) is 3.87. The lowest BCUT2D eigenvalue weighted by molar-refractivity contribution is -0.111. The van der Waals surface area contributed by atoms with Crippen LogP contribution < -0.4 is 11.1 Å². The van der Waals surface area contributed by atoms with E-state index in [9.17, 15) is 9.59 Å². The number of para-hydroxylation sites is 1. The molecule has 0 saturated carbocycles. The molecule has 0 bridgehead atoms. The van der Waals surface area contributed by atoms with Gasteiger partial charge in [0.05, 0.1) is 0 Å². The molecule has 3 rings (SSSR count). The van der Waals surface area contributed by atoms with Crippen LogP contribution in [0, 0.1) is 0 Å². The number of hydrogen-bond acceptors (Lipinski definition) is 3. The molecule has 0 aliphatic carbocycles. The quantitative estimate of drug-likeness (QED) is 0.697. The zero-order valence-corrected chi connectivity index (χ0v) is 13.8. The zero-order valence-electron chi connectivity index (χ0n) is 13.8. The SMILES string of the molecule is CCc1oc2ccccc2c1/C=C/C(=O)Nc1ccc(C(N)=O)cc1. The number of aryl methyl sites for hydroxylation is 1. The average Bonchev–Trinajstić information content (AvgIpc) is 2.98. The number of hydrogen-bond donors (Lipinski definition) is 2. The molecular formula is C20H18N2O3. The van der Waals surface area contributed by atoms with Gasteiger partial charge in [-0.1, -0.05) is 25.1 Å². The smallest absolute Gasteiger partial charge is 0.248 e. The van der Waals surface area contributed by atoms with Crippen LogP contribution in [0.25, 0.3) is 17.0 Å². The van der Waals surface area contributed by atoms with Crippen molar-refractivity contribution in [1.82, 2.24) is 0 Å². The van der Waals surface area contributed by atoms with Crippen molar-refractivity contribution in [1.29, 1.82) is 0 Å². The first-order valence-corrected chi connectivity index (χ1v) is 7.98. The third-order valence-electron chi connectivity index (χ3n) is 3.87. The summed E-state index contributed by atoms with van der Waals surface area (Å²) in [6.07, 6.45) is 3.97. The van der Waals surface area contributed by atoms with E-state index >= 15 is 0 Å². The van der Waals surface area contributed by atoms with Gasteiger partial charge in [-0.3, -0.25) is 9.59 Å². The van der Waals surface area contributed by atoms with Crippen LogP contribution in [0.1, 0.15) is 28.6 Å². The minimum Gasteiger partial charge on any atom is -0.460 e. The predicted octanol–water partition coefficient (Wildman–Crippen LogP) is 3.75. The van der Waals surface area contributed by atoms with E-state index in [2.05, 4.69) is 5.32 Å². The lowest BCUT2D eigenvalue weighted by Crippen LogP contribution is -2.11. The number of nitrogens with two attached hydrogens (primary N) is 1. The number of nitrogens with one attached hydrogen (secondary N) is 1. The van der Waals surface area contributed by atoms with E-state index < -0.39 is 5.91 Å². The molecule has 126 valence electrons. The van der Waals surface area contributed by atoms with Crippen LogP contribution in [0.2, 0.25) is 0 Å². The molecule has 0 atom stereocenters. The van der Waals surface area contributed by atoms with E-state index in [0.29, 0.717) is 11.3 Å². The number of rotatable bonds is 5. The van der Waals surface area contributed by atoms with Crippen molar-refractivity contribution < 1.29 is 14.0 Å². The van der Waals surface area contributed by atoms with Gasteiger partial charge >= 0.3 is 0 Å². The lowest BCUT2D eigenvalue weighted by Gasteiger charge is -2.02. The highest BCUT2D eigenvalue weighted by molar-refractivity contribution is 6.03. The number of benzene rings is 2. The van der Waals surface area contributed by atoms with Crippen molar-refractivity contribution in [3.63, 3.8) is 0 Å². The predicted molar refractivity (Wildman–Crippen MR) is 98.2 cm³/mol. The first kappa shape index (κ1) is 16.5. The number of amides is 2. The van der Waals surface area contributed by atoms with Gasteiger partial charge in [0.15, 0.2) is 0 Å². The number of primary amides is 1. The lowest BCUT2D eigenvalue weighted by atomic mass is 10.1. The summed E-state index contributed by atoms with van der Waals surface area (Å²) in [5, 5.41) is 3.73. The molecule has 2 amide bonds. The highest BCUT2D eigenvalue weighted by atomic mass is 16.3. The van der Waals surface area contributed by atoms with Gasteiger partial charge in [-0.15, -0.1) is 0 Å². The molecule has 1 aromatic heterocycles. The molecule has 5 nitrogen and oxygen atoms in total. The molecule has 0 aliphatic heterocycles. The fraction of sp³-hybridized carbons (Fsp3) is 0.100. The normalized spacial score (nSPS) is 11.1. The molecule has 0 fully saturated rings. The number of carbonyl (C=O) groups excluding carboxylic acids is 2. The molecule has 3 N–H and O–H groups in total. The maximum absolute atomic E-state index is 12.1. The van der Waals surface area contributed by atoms with Gasteiger partial charge in [-0.2, -0.15) is 0 Å². The van der Waals surface area contributed by atoms with Gasteiger partial charge < -0.3 is 15.5 Å². The van der Waals surface area contributed by atoms with Gasteiger partial charge in [-0.05, 0) is 36.4 Å². The van der Waals surface area contributed by atoms with Gasteiger partial charge in [0.25, 0.3) is 0 Å². The number of carbonyl (C=O) groups is 2. The third kappa shape index (κ3) is 3.61. The van der Waals surface area contributed by atoms with Crippen molar-refractivity contribution in [2.24, 2.45) is 5.73 Å². The van der Waals surface area contributed by atoms with Crippen LogP contribution in [-0.2, 0) is 11.2 Å². The maximum atomic E-state index is 12.1. The topological polar surface area (TPSA) is 85.3 Å². The van der Waals surface area contributed by atoms with E-state index in [-0.39, 0.29) is 5.91 Å². The van der Waals surface area contributed by atoms with Crippen molar-refractivity contribution >= 4 is 34.5 Å². The molecule has 0 unspecified atom stereocenters. The monoisotopic (exact) mass is 334 g/mol. The van der Waals surface area contributed by atoms with E-state index in [0.717, 1.165) is 28.7 Å². The van der Waals surface area contributed by atoms with Crippen LogP contribution in [0.4, 0.5) is 5.69 Å². The number of anilines is 1. The Morgan fingerprint density at radius 3 is 2.52 bits per heavy atom. The van der Waals surface area contributed by atoms with Crippen molar-refractivity contribution in [2.75, 3.05) is 5.32 Å². The van der Waals surface area contributed by atoms with Crippen molar-refractivity contribution in [3.05, 3.63) is 71.5 Å². The summed E-state index contributed by atoms with van der Waals surface area (Å²) in [5.74, 6) is 0.0759. The Morgan fingerprint density at radius 2 is 1.84 bits per heavy atom. The van der Waals surface area contributed by atoms with Crippen molar-refractivity contribution in [3.8, 4) is 0 Å². The maximum Gasteiger partial charge on any atom is 0.248 e. The van der Waals surface area contributed by atoms with Crippen LogP contribution in [0.5, 0.6) is 0 Å². The zero-order chi connectivity index (χ0) is 17.8. The molecule has 5 heteroatoms. The fourth-order valence-electron chi connectivity index (χ4n) is 2.62. The van der Waals surface area contributed by atoms with Gasteiger partial charge in [0.2, 0.25) is 11.8 Å². The first-order chi connectivity index (χ1) is 12.1. The minimum absolute atomic E-state index is 0.265. The Bertz CT molecular complexity index is 953. The minimum atomic E-state index is -0.503. The Morgan fingerprint density at radius 1 is 1.12 bits per heavy atom. The van der Waals surface area contributed by atoms with Gasteiger partial charge in [0, 0.05) is 34.7 Å². The summed E-state index contributed by atoms with van der Waals surface area (Å²) in [5.41, 5.74) is 7.90. The van der Waals surface area contributed by atoms with Crippen LogP contribution >= 0.6 is 0 Å². The summed E-state index contributed by atoms with van der Waals surface area (Å²) in [4.78, 5) is 23.2. The highest BCUT2D eigenvalue weighted by Gasteiger charge is 2.10. The number of fused-ring (bicyclic) bond motifs is 1. The standard InChI is InChI=1S/C20H18N2O3/c1-2-17-16(15-5-3-4-6-18(15)25-17)11-12-19(23)22-14-9-7-13(8-10-14)20(21)24/h3-12H,2H2,1H3,(H2,21,24)(H,22,23)/b12-11+. The first-order valence-electron chi connectivity index (χ1n) is 7.98. The van der Waals surface area contributed by atoms with Crippen LogP contribution in [0.15, 0.2) is 59.0 Å². The molecule has 0 saturated heterocycles. The summed E-state index contributed by atoms with van der Waals surface area (Å²) in [6.45, 7) is 2.01. The van der Waals surface area contributed by atoms with E-state index in [1.165, 1.54) is 6.08 Å². The number of furan rings is 1. The summed E-state index contributed by atoms with van der Waals surface area (Å²) in [6, 6.07) is 14.1. The highest BCUT2D eigenvalue weighted by Crippen LogP contribution is 2.27. The molecule has 0 aliphatic rings.